The standard InChI is InChI=1S/C13H7Br2FN2O3/c14-10-3-2-8(18(20)21)6-9(10)13(19)17-7-1-4-12(16)11(15)5-7/h1-6H,(H,17,19). The van der Waals surface area contributed by atoms with Crippen molar-refractivity contribution in [2.45, 2.75) is 0 Å². The van der Waals surface area contributed by atoms with Crippen molar-refractivity contribution < 1.29 is 14.1 Å². The predicted octanol–water partition coefficient (Wildman–Crippen LogP) is 4.51. The number of non-ortho nitro benzene ring substituents is 1. The Hall–Kier alpha value is -1.80. The molecular formula is C13H7Br2FN2O3. The van der Waals surface area contributed by atoms with Gasteiger partial charge in [-0.25, -0.2) is 4.39 Å². The highest BCUT2D eigenvalue weighted by molar-refractivity contribution is 9.10. The summed E-state index contributed by atoms with van der Waals surface area (Å²) in [5.74, 6) is -0.992. The zero-order valence-electron chi connectivity index (χ0n) is 10.3. The van der Waals surface area contributed by atoms with Gasteiger partial charge in [0.25, 0.3) is 11.6 Å². The Kier molecular flexibility index (Phi) is 4.69. The number of nitro benzene ring substituents is 1. The van der Waals surface area contributed by atoms with Crippen molar-refractivity contribution in [1.82, 2.24) is 0 Å². The van der Waals surface area contributed by atoms with Crippen LogP contribution in [0.4, 0.5) is 15.8 Å². The summed E-state index contributed by atoms with van der Waals surface area (Å²) in [5, 5.41) is 13.3. The van der Waals surface area contributed by atoms with Gasteiger partial charge in [-0.05, 0) is 56.1 Å². The maximum atomic E-state index is 13.1. The van der Waals surface area contributed by atoms with Crippen LogP contribution in [0.2, 0.25) is 0 Å². The largest absolute Gasteiger partial charge is 0.322 e. The molecule has 2 rings (SSSR count). The van der Waals surface area contributed by atoms with Gasteiger partial charge in [-0.1, -0.05) is 0 Å². The summed E-state index contributed by atoms with van der Waals surface area (Å²) >= 11 is 6.18. The molecule has 1 N–H and O–H groups in total. The minimum Gasteiger partial charge on any atom is -0.322 e. The summed E-state index contributed by atoms with van der Waals surface area (Å²) < 4.78 is 13.8. The van der Waals surface area contributed by atoms with Gasteiger partial charge in [0.2, 0.25) is 0 Å². The van der Waals surface area contributed by atoms with Crippen molar-refractivity contribution in [3.8, 4) is 0 Å². The fraction of sp³-hybridized carbons (Fsp3) is 0. The molecule has 2 aromatic carbocycles. The van der Waals surface area contributed by atoms with Crippen LogP contribution in [0.15, 0.2) is 45.3 Å². The lowest BCUT2D eigenvalue weighted by Crippen LogP contribution is -2.13. The molecule has 0 heterocycles. The molecule has 0 spiro atoms. The number of rotatable bonds is 3. The van der Waals surface area contributed by atoms with Gasteiger partial charge in [0.15, 0.2) is 0 Å². The molecule has 0 bridgehead atoms. The predicted molar refractivity (Wildman–Crippen MR) is 82.8 cm³/mol. The maximum absolute atomic E-state index is 13.1. The molecule has 108 valence electrons. The summed E-state index contributed by atoms with van der Waals surface area (Å²) in [6, 6.07) is 7.87. The van der Waals surface area contributed by atoms with Crippen LogP contribution in [0.1, 0.15) is 10.4 Å². The highest BCUT2D eigenvalue weighted by atomic mass is 79.9. The second-order valence-electron chi connectivity index (χ2n) is 4.00. The Morgan fingerprint density at radius 3 is 2.48 bits per heavy atom. The SMILES string of the molecule is O=C(Nc1ccc(F)c(Br)c1)c1cc([N+](=O)[O-])ccc1Br. The number of benzene rings is 2. The first-order valence-electron chi connectivity index (χ1n) is 5.59. The van der Waals surface area contributed by atoms with E-state index in [9.17, 15) is 19.3 Å². The molecule has 5 nitrogen and oxygen atoms in total. The fourth-order valence-electron chi connectivity index (χ4n) is 1.57. The third kappa shape index (κ3) is 3.64. The van der Waals surface area contributed by atoms with Gasteiger partial charge in [0.1, 0.15) is 5.82 Å². The van der Waals surface area contributed by atoms with Crippen molar-refractivity contribution in [2.75, 3.05) is 5.32 Å². The van der Waals surface area contributed by atoms with Gasteiger partial charge in [0, 0.05) is 22.3 Å². The maximum Gasteiger partial charge on any atom is 0.270 e. The van der Waals surface area contributed by atoms with Crippen LogP contribution >= 0.6 is 31.9 Å². The number of hydrogen-bond donors (Lipinski definition) is 1. The Morgan fingerprint density at radius 1 is 1.14 bits per heavy atom. The third-order valence-electron chi connectivity index (χ3n) is 2.58. The smallest absolute Gasteiger partial charge is 0.270 e. The second kappa shape index (κ2) is 6.31. The number of carbonyl (C=O) groups is 1. The zero-order chi connectivity index (χ0) is 15.6. The molecule has 0 aliphatic carbocycles. The number of anilines is 1. The van der Waals surface area contributed by atoms with Crippen LogP contribution < -0.4 is 5.32 Å². The van der Waals surface area contributed by atoms with Crippen molar-refractivity contribution in [3.05, 3.63) is 66.8 Å². The number of nitrogens with zero attached hydrogens (tertiary/aromatic N) is 1. The quantitative estimate of drug-likeness (QED) is 0.589. The van der Waals surface area contributed by atoms with Crippen molar-refractivity contribution in [1.29, 1.82) is 0 Å². The Morgan fingerprint density at radius 2 is 1.86 bits per heavy atom. The van der Waals surface area contributed by atoms with Gasteiger partial charge < -0.3 is 5.32 Å². The van der Waals surface area contributed by atoms with Crippen LogP contribution in [0.3, 0.4) is 0 Å². The lowest BCUT2D eigenvalue weighted by Gasteiger charge is -2.07. The lowest BCUT2D eigenvalue weighted by atomic mass is 10.2. The van der Waals surface area contributed by atoms with E-state index >= 15 is 0 Å². The van der Waals surface area contributed by atoms with Crippen molar-refractivity contribution in [3.63, 3.8) is 0 Å². The molecule has 0 saturated carbocycles. The van der Waals surface area contributed by atoms with E-state index < -0.39 is 16.6 Å². The summed E-state index contributed by atoms with van der Waals surface area (Å²) in [6.45, 7) is 0. The highest BCUT2D eigenvalue weighted by Gasteiger charge is 2.16. The molecule has 8 heteroatoms. The minimum absolute atomic E-state index is 0.115. The first-order valence-corrected chi connectivity index (χ1v) is 7.17. The molecule has 1 amide bonds. The normalized spacial score (nSPS) is 10.2. The number of halogens is 3. The molecule has 0 fully saturated rings. The highest BCUT2D eigenvalue weighted by Crippen LogP contribution is 2.25. The van der Waals surface area contributed by atoms with E-state index in [0.29, 0.717) is 10.2 Å². The first-order chi connectivity index (χ1) is 9.88. The fourth-order valence-corrected chi connectivity index (χ4v) is 2.38. The number of nitro groups is 1. The molecule has 0 radical (unpaired) electrons. The molecule has 0 aromatic heterocycles. The molecule has 0 atom stereocenters. The summed E-state index contributed by atoms with van der Waals surface area (Å²) in [6.07, 6.45) is 0. The number of carbonyl (C=O) groups excluding carboxylic acids is 1. The topological polar surface area (TPSA) is 72.2 Å². The van der Waals surface area contributed by atoms with E-state index in [0.717, 1.165) is 6.07 Å². The summed E-state index contributed by atoms with van der Waals surface area (Å²) in [5.41, 5.74) is 0.292. The van der Waals surface area contributed by atoms with E-state index in [2.05, 4.69) is 37.2 Å². The molecule has 0 unspecified atom stereocenters. The number of hydrogen-bond acceptors (Lipinski definition) is 3. The van der Waals surface area contributed by atoms with E-state index in [4.69, 9.17) is 0 Å². The Balaban J connectivity index is 2.29. The minimum atomic E-state index is -0.586. The van der Waals surface area contributed by atoms with Crippen LogP contribution in [0.25, 0.3) is 0 Å². The summed E-state index contributed by atoms with van der Waals surface area (Å²) in [7, 11) is 0. The monoisotopic (exact) mass is 416 g/mol. The lowest BCUT2D eigenvalue weighted by molar-refractivity contribution is -0.384. The van der Waals surface area contributed by atoms with Gasteiger partial charge >= 0.3 is 0 Å². The van der Waals surface area contributed by atoms with Gasteiger partial charge in [0.05, 0.1) is 15.0 Å². The average Bonchev–Trinajstić information content (AvgIpc) is 2.43. The van der Waals surface area contributed by atoms with E-state index in [-0.39, 0.29) is 15.7 Å². The van der Waals surface area contributed by atoms with Crippen LogP contribution in [0.5, 0.6) is 0 Å². The van der Waals surface area contributed by atoms with E-state index in [1.807, 2.05) is 0 Å². The van der Waals surface area contributed by atoms with Gasteiger partial charge in [-0.2, -0.15) is 0 Å². The Bertz CT molecular complexity index is 737. The van der Waals surface area contributed by atoms with E-state index in [1.165, 1.54) is 30.3 Å². The van der Waals surface area contributed by atoms with Crippen molar-refractivity contribution >= 4 is 49.1 Å². The van der Waals surface area contributed by atoms with E-state index in [1.54, 1.807) is 0 Å². The zero-order valence-corrected chi connectivity index (χ0v) is 13.4. The van der Waals surface area contributed by atoms with Crippen LogP contribution in [-0.2, 0) is 0 Å². The van der Waals surface area contributed by atoms with Crippen LogP contribution in [-0.4, -0.2) is 10.8 Å². The third-order valence-corrected chi connectivity index (χ3v) is 3.88. The van der Waals surface area contributed by atoms with Gasteiger partial charge in [-0.15, -0.1) is 0 Å². The molecule has 21 heavy (non-hydrogen) atoms. The van der Waals surface area contributed by atoms with Gasteiger partial charge in [-0.3, -0.25) is 14.9 Å². The molecule has 2 aromatic rings. The molecule has 0 saturated heterocycles. The molecule has 0 aliphatic rings. The molecular weight excluding hydrogens is 411 g/mol. The molecule has 0 aliphatic heterocycles. The Labute approximate surface area is 135 Å². The first kappa shape index (κ1) is 15.6. The summed E-state index contributed by atoms with van der Waals surface area (Å²) in [4.78, 5) is 22.3. The number of amides is 1. The second-order valence-corrected chi connectivity index (χ2v) is 5.71. The van der Waals surface area contributed by atoms with Crippen LogP contribution in [0, 0.1) is 15.9 Å². The van der Waals surface area contributed by atoms with Crippen molar-refractivity contribution in [2.24, 2.45) is 0 Å². The average molecular weight is 418 g/mol. The number of nitrogens with one attached hydrogen (secondary N) is 1.